The molecule has 2 aliphatic rings. The molecule has 1 fully saturated rings. The predicted octanol–water partition coefficient (Wildman–Crippen LogP) is 4.29. The minimum absolute atomic E-state index is 0.133. The predicted molar refractivity (Wildman–Crippen MR) is 119 cm³/mol. The van der Waals surface area contributed by atoms with Crippen molar-refractivity contribution in [1.82, 2.24) is 9.80 Å². The van der Waals surface area contributed by atoms with Crippen molar-refractivity contribution < 1.29 is 19.0 Å². The van der Waals surface area contributed by atoms with Gasteiger partial charge in [-0.15, -0.1) is 0 Å². The number of unbranched alkanes of at least 4 members (excludes halogenated alkanes) is 1. The van der Waals surface area contributed by atoms with E-state index in [1.807, 2.05) is 4.90 Å². The molecule has 168 valence electrons. The second-order valence-corrected chi connectivity index (χ2v) is 8.42. The number of nitrogens with zero attached hydrogens (tertiary/aromatic N) is 2. The first-order valence-corrected chi connectivity index (χ1v) is 11.6. The molecular formula is C24H38N2O4. The largest absolute Gasteiger partial charge is 0.493 e. The molecule has 0 radical (unpaired) electrons. The van der Waals surface area contributed by atoms with Crippen molar-refractivity contribution in [2.45, 2.75) is 64.3 Å². The lowest BCUT2D eigenvalue weighted by atomic mass is 9.86. The van der Waals surface area contributed by atoms with Crippen molar-refractivity contribution in [2.75, 3.05) is 47.0 Å². The Hall–Kier alpha value is -1.95. The van der Waals surface area contributed by atoms with Crippen LogP contribution in [0, 0.1) is 0 Å². The van der Waals surface area contributed by atoms with Crippen LogP contribution in [0.5, 0.6) is 11.5 Å². The highest BCUT2D eigenvalue weighted by Gasteiger charge is 2.25. The molecule has 30 heavy (non-hydrogen) atoms. The van der Waals surface area contributed by atoms with Crippen LogP contribution < -0.4 is 9.47 Å². The van der Waals surface area contributed by atoms with E-state index in [0.29, 0.717) is 12.6 Å². The molecule has 3 rings (SSSR count). The lowest BCUT2D eigenvalue weighted by Crippen LogP contribution is -2.40. The molecule has 0 N–H and O–H groups in total. The number of carbonyl (C=O) groups excluding carboxylic acids is 1. The van der Waals surface area contributed by atoms with Crippen molar-refractivity contribution in [1.29, 1.82) is 0 Å². The third-order valence-corrected chi connectivity index (χ3v) is 6.36. The maximum Gasteiger partial charge on any atom is 0.409 e. The third-order valence-electron chi connectivity index (χ3n) is 6.36. The third kappa shape index (κ3) is 5.81. The van der Waals surface area contributed by atoms with Gasteiger partial charge in [-0.2, -0.15) is 0 Å². The smallest absolute Gasteiger partial charge is 0.409 e. The van der Waals surface area contributed by atoms with Crippen LogP contribution in [0.3, 0.4) is 0 Å². The van der Waals surface area contributed by atoms with Crippen molar-refractivity contribution in [3.8, 4) is 11.5 Å². The number of hydrogen-bond donors (Lipinski definition) is 0. The molecule has 6 nitrogen and oxygen atoms in total. The van der Waals surface area contributed by atoms with E-state index in [4.69, 9.17) is 14.2 Å². The Kier molecular flexibility index (Phi) is 8.67. The van der Waals surface area contributed by atoms with Gasteiger partial charge in [-0.05, 0) is 87.7 Å². The summed E-state index contributed by atoms with van der Waals surface area (Å²) in [5.74, 6) is 1.65. The van der Waals surface area contributed by atoms with Gasteiger partial charge in [0.15, 0.2) is 11.5 Å². The number of amides is 1. The molecule has 1 aliphatic heterocycles. The minimum Gasteiger partial charge on any atom is -0.493 e. The van der Waals surface area contributed by atoms with Crippen LogP contribution in [0.2, 0.25) is 0 Å². The molecule has 6 heteroatoms. The van der Waals surface area contributed by atoms with E-state index in [2.05, 4.69) is 24.0 Å². The van der Waals surface area contributed by atoms with Crippen LogP contribution >= 0.6 is 0 Å². The zero-order valence-electron chi connectivity index (χ0n) is 19.0. The molecule has 1 heterocycles. The fourth-order valence-corrected chi connectivity index (χ4v) is 4.71. The highest BCUT2D eigenvalue weighted by Crippen LogP contribution is 2.35. The fraction of sp³-hybridized carbons (Fsp3) is 0.708. The Balaban J connectivity index is 1.54. The normalized spacial score (nSPS) is 19.3. The van der Waals surface area contributed by atoms with E-state index in [9.17, 15) is 4.79 Å². The number of aryl methyl sites for hydroxylation is 1. The van der Waals surface area contributed by atoms with Crippen molar-refractivity contribution in [3.63, 3.8) is 0 Å². The van der Waals surface area contributed by atoms with Crippen LogP contribution in [-0.4, -0.2) is 68.9 Å². The first-order valence-electron chi connectivity index (χ1n) is 11.6. The average Bonchev–Trinajstić information content (AvgIpc) is 2.98. The van der Waals surface area contributed by atoms with Crippen LogP contribution in [0.1, 0.15) is 56.6 Å². The molecule has 1 aromatic carbocycles. The molecule has 0 bridgehead atoms. The van der Waals surface area contributed by atoms with Gasteiger partial charge < -0.3 is 24.0 Å². The Bertz CT molecular complexity index is 694. The highest BCUT2D eigenvalue weighted by atomic mass is 16.6. The Morgan fingerprint density at radius 1 is 1.10 bits per heavy atom. The van der Waals surface area contributed by atoms with Gasteiger partial charge in [0, 0.05) is 19.1 Å². The molecule has 0 aromatic heterocycles. The highest BCUT2D eigenvalue weighted by molar-refractivity contribution is 5.67. The molecule has 0 spiro atoms. The lowest BCUT2D eigenvalue weighted by Gasteiger charge is -2.35. The van der Waals surface area contributed by atoms with E-state index in [1.54, 1.807) is 14.2 Å². The van der Waals surface area contributed by atoms with Crippen molar-refractivity contribution in [2.24, 2.45) is 0 Å². The van der Waals surface area contributed by atoms with Gasteiger partial charge in [0.05, 0.1) is 20.8 Å². The number of methoxy groups -OCH3 is 2. The van der Waals surface area contributed by atoms with E-state index in [0.717, 1.165) is 82.6 Å². The van der Waals surface area contributed by atoms with Crippen molar-refractivity contribution in [3.05, 3.63) is 23.3 Å². The van der Waals surface area contributed by atoms with Gasteiger partial charge in [-0.25, -0.2) is 4.79 Å². The summed E-state index contributed by atoms with van der Waals surface area (Å²) in [6.45, 7) is 6.68. The Morgan fingerprint density at radius 3 is 2.60 bits per heavy atom. The summed E-state index contributed by atoms with van der Waals surface area (Å²) in [5, 5.41) is 0. The standard InChI is InChI=1S/C24H38N2O4/c1-4-11-25(12-5-6-13-26-14-7-8-15-30-24(26)27)21-10-9-19-17-22(28-2)23(29-3)18-20(19)16-21/h17-18,21H,4-16H2,1-3H3. The summed E-state index contributed by atoms with van der Waals surface area (Å²) < 4.78 is 16.2. The molecule has 1 saturated heterocycles. The molecule has 1 amide bonds. The average molecular weight is 419 g/mol. The molecule has 1 aliphatic carbocycles. The fourth-order valence-electron chi connectivity index (χ4n) is 4.71. The number of ether oxygens (including phenoxy) is 3. The number of carbonyl (C=O) groups is 1. The van der Waals surface area contributed by atoms with Crippen LogP contribution in [0.15, 0.2) is 12.1 Å². The van der Waals surface area contributed by atoms with Crippen LogP contribution in [0.25, 0.3) is 0 Å². The molecular weight excluding hydrogens is 380 g/mol. The first kappa shape index (κ1) is 22.7. The summed E-state index contributed by atoms with van der Waals surface area (Å²) in [7, 11) is 3.40. The quantitative estimate of drug-likeness (QED) is 0.531. The summed E-state index contributed by atoms with van der Waals surface area (Å²) in [6, 6.07) is 4.88. The van der Waals surface area contributed by atoms with Crippen LogP contribution in [0.4, 0.5) is 4.79 Å². The van der Waals surface area contributed by atoms with Gasteiger partial charge in [-0.3, -0.25) is 0 Å². The first-order chi connectivity index (χ1) is 14.7. The summed E-state index contributed by atoms with van der Waals surface area (Å²) >= 11 is 0. The number of cyclic esters (lactones) is 1. The number of rotatable bonds is 10. The van der Waals surface area contributed by atoms with Crippen LogP contribution in [-0.2, 0) is 17.6 Å². The zero-order valence-corrected chi connectivity index (χ0v) is 19.0. The lowest BCUT2D eigenvalue weighted by molar-refractivity contribution is 0.114. The number of hydrogen-bond acceptors (Lipinski definition) is 5. The van der Waals surface area contributed by atoms with E-state index in [1.165, 1.54) is 17.5 Å². The summed E-state index contributed by atoms with van der Waals surface area (Å²) in [5.41, 5.74) is 2.78. The molecule has 1 aromatic rings. The van der Waals surface area contributed by atoms with Gasteiger partial charge in [0.2, 0.25) is 0 Å². The molecule has 0 saturated carbocycles. The Labute approximate surface area is 181 Å². The maximum absolute atomic E-state index is 12.0. The Morgan fingerprint density at radius 2 is 1.87 bits per heavy atom. The second kappa shape index (κ2) is 11.4. The van der Waals surface area contributed by atoms with Gasteiger partial charge in [-0.1, -0.05) is 6.92 Å². The summed E-state index contributed by atoms with van der Waals surface area (Å²) in [6.07, 6.45) is 8.52. The minimum atomic E-state index is -0.133. The van der Waals surface area contributed by atoms with Gasteiger partial charge in [0.25, 0.3) is 0 Å². The monoisotopic (exact) mass is 418 g/mol. The van der Waals surface area contributed by atoms with E-state index in [-0.39, 0.29) is 6.09 Å². The summed E-state index contributed by atoms with van der Waals surface area (Å²) in [4.78, 5) is 16.5. The zero-order chi connectivity index (χ0) is 21.3. The van der Waals surface area contributed by atoms with Crippen molar-refractivity contribution >= 4 is 6.09 Å². The topological polar surface area (TPSA) is 51.2 Å². The van der Waals surface area contributed by atoms with E-state index < -0.39 is 0 Å². The SMILES string of the molecule is CCCN(CCCCN1CCCCOC1=O)C1CCc2cc(OC)c(OC)cc2C1. The molecule has 1 atom stereocenters. The maximum atomic E-state index is 12.0. The van der Waals surface area contributed by atoms with E-state index >= 15 is 0 Å². The second-order valence-electron chi connectivity index (χ2n) is 8.42. The molecule has 1 unspecified atom stereocenters. The van der Waals surface area contributed by atoms with Gasteiger partial charge >= 0.3 is 6.09 Å². The number of fused-ring (bicyclic) bond motifs is 1. The van der Waals surface area contributed by atoms with Gasteiger partial charge in [0.1, 0.15) is 0 Å². The number of benzene rings is 1.